The lowest BCUT2D eigenvalue weighted by Gasteiger charge is -2.24. The van der Waals surface area contributed by atoms with E-state index in [1.165, 1.54) is 22.3 Å². The molecule has 0 bridgehead atoms. The van der Waals surface area contributed by atoms with Crippen LogP contribution >= 0.6 is 0 Å². The lowest BCUT2D eigenvalue weighted by atomic mass is 9.92. The molecule has 2 N–H and O–H groups in total. The van der Waals surface area contributed by atoms with Crippen molar-refractivity contribution in [1.29, 1.82) is 0 Å². The summed E-state index contributed by atoms with van der Waals surface area (Å²) in [6.07, 6.45) is 0. The number of para-hydroxylation sites is 2. The molecule has 0 unspecified atom stereocenters. The number of nitrogens with zero attached hydrogens (tertiary/aromatic N) is 3. The number of hydrogen-bond acceptors (Lipinski definition) is 0. The maximum atomic E-state index is 5.13. The Labute approximate surface area is 214 Å². The summed E-state index contributed by atoms with van der Waals surface area (Å²) in [7, 11) is 8.11. The van der Waals surface area contributed by atoms with Crippen LogP contribution in [-0.4, -0.2) is 49.6 Å². The fourth-order valence-electron chi connectivity index (χ4n) is 4.41. The summed E-state index contributed by atoms with van der Waals surface area (Å²) in [4.78, 5) is 7.17. The van der Waals surface area contributed by atoms with Crippen LogP contribution in [0.1, 0.15) is 101 Å². The van der Waals surface area contributed by atoms with Gasteiger partial charge in [0, 0.05) is 11.4 Å². The molecule has 0 aliphatic heterocycles. The molecule has 0 heterocycles. The minimum atomic E-state index is 0.387. The predicted molar refractivity (Wildman–Crippen MR) is 155 cm³/mol. The average Bonchev–Trinajstić information content (AvgIpc) is 2.76. The van der Waals surface area contributed by atoms with E-state index >= 15 is 0 Å². The van der Waals surface area contributed by atoms with Gasteiger partial charge in [0.1, 0.15) is 0 Å². The Morgan fingerprint density at radius 1 is 0.657 bits per heavy atom. The van der Waals surface area contributed by atoms with Gasteiger partial charge in [0.25, 0.3) is 5.96 Å². The highest BCUT2D eigenvalue weighted by Gasteiger charge is 2.22. The number of anilines is 2. The third-order valence-electron chi connectivity index (χ3n) is 6.24. The average molecular weight is 479 g/mol. The Balaban J connectivity index is 2.78. The van der Waals surface area contributed by atoms with E-state index < -0.39 is 0 Å². The second kappa shape index (κ2) is 12.2. The molecule has 35 heavy (non-hydrogen) atoms. The van der Waals surface area contributed by atoms with Crippen LogP contribution in [0.4, 0.5) is 11.4 Å². The Bertz CT molecular complexity index is 934. The molecule has 0 aliphatic carbocycles. The van der Waals surface area contributed by atoms with Crippen LogP contribution < -0.4 is 10.6 Å². The summed E-state index contributed by atoms with van der Waals surface area (Å²) in [5.74, 6) is 3.14. The molecule has 0 fully saturated rings. The Kier molecular flexibility index (Phi) is 9.93. The van der Waals surface area contributed by atoms with Crippen molar-refractivity contribution in [3.63, 3.8) is 0 Å². The maximum Gasteiger partial charge on any atom is 0.392 e. The smallest absolute Gasteiger partial charge is 0.311 e. The molecule has 0 radical (unpaired) electrons. The van der Waals surface area contributed by atoms with Crippen LogP contribution in [0.25, 0.3) is 0 Å². The van der Waals surface area contributed by atoms with Crippen LogP contribution in [0.2, 0.25) is 0 Å². The van der Waals surface area contributed by atoms with E-state index in [0.29, 0.717) is 23.7 Å². The summed E-state index contributed by atoms with van der Waals surface area (Å²) in [6.45, 7) is 18.0. The maximum absolute atomic E-state index is 5.13. The van der Waals surface area contributed by atoms with Gasteiger partial charge >= 0.3 is 5.96 Å². The van der Waals surface area contributed by atoms with Crippen molar-refractivity contribution < 1.29 is 4.58 Å². The molecule has 0 atom stereocenters. The van der Waals surface area contributed by atoms with E-state index in [2.05, 4.69) is 102 Å². The normalized spacial score (nSPS) is 11.3. The first-order valence-electron chi connectivity index (χ1n) is 12.9. The molecule has 192 valence electrons. The zero-order valence-corrected chi connectivity index (χ0v) is 24.1. The first kappa shape index (κ1) is 28.4. The largest absolute Gasteiger partial charge is 0.392 e. The quantitative estimate of drug-likeness (QED) is 0.261. The first-order chi connectivity index (χ1) is 16.3. The molecule has 0 aromatic heterocycles. The van der Waals surface area contributed by atoms with Gasteiger partial charge in [0.2, 0.25) is 0 Å². The molecule has 5 heteroatoms. The first-order valence-corrected chi connectivity index (χ1v) is 12.9. The third-order valence-corrected chi connectivity index (χ3v) is 6.24. The minimum Gasteiger partial charge on any atom is -0.311 e. The van der Waals surface area contributed by atoms with Crippen LogP contribution in [0.15, 0.2) is 41.4 Å². The molecular formula is C30H48N5+. The van der Waals surface area contributed by atoms with Crippen molar-refractivity contribution >= 4 is 23.3 Å². The van der Waals surface area contributed by atoms with Crippen molar-refractivity contribution in [3.05, 3.63) is 58.7 Å². The van der Waals surface area contributed by atoms with E-state index in [4.69, 9.17) is 4.99 Å². The second-order valence-corrected chi connectivity index (χ2v) is 11.0. The summed E-state index contributed by atoms with van der Waals surface area (Å²) in [5, 5.41) is 7.53. The molecule has 2 rings (SSSR count). The van der Waals surface area contributed by atoms with Gasteiger partial charge in [0.05, 0.1) is 28.2 Å². The zero-order chi connectivity index (χ0) is 26.4. The lowest BCUT2D eigenvalue weighted by molar-refractivity contribution is -0.470. The SMILES string of the molecule is CC(C)c1cccc(C(C)C)c1NC(=NC(N(C)C)=[N+](C)C)Nc1c(C(C)C)cccc1C(C)C. The molecule has 2 aromatic carbocycles. The summed E-state index contributed by atoms with van der Waals surface area (Å²) >= 11 is 0. The standard InChI is InChI=1S/C30H47N5/c1-19(2)23-15-13-16-24(20(3)4)27(23)31-29(33-30(34(9)10)35(11)12)32-28-25(21(5)6)17-14-18-26(28)22(7)8/h13-22H,1-12H3,(H,31,32)/p+1. The van der Waals surface area contributed by atoms with Crippen molar-refractivity contribution in [1.82, 2.24) is 4.90 Å². The van der Waals surface area contributed by atoms with E-state index in [0.717, 1.165) is 23.3 Å². The van der Waals surface area contributed by atoms with Gasteiger partial charge in [0.15, 0.2) is 0 Å². The van der Waals surface area contributed by atoms with E-state index in [1.807, 2.05) is 37.7 Å². The topological polar surface area (TPSA) is 42.7 Å². The fraction of sp³-hybridized carbons (Fsp3) is 0.533. The highest BCUT2D eigenvalue weighted by Crippen LogP contribution is 2.35. The number of rotatable bonds is 6. The van der Waals surface area contributed by atoms with Crippen LogP contribution in [0.3, 0.4) is 0 Å². The van der Waals surface area contributed by atoms with Gasteiger partial charge in [-0.25, -0.2) is 0 Å². The van der Waals surface area contributed by atoms with Crippen molar-refractivity contribution in [2.24, 2.45) is 4.99 Å². The van der Waals surface area contributed by atoms with Crippen LogP contribution in [-0.2, 0) is 0 Å². The van der Waals surface area contributed by atoms with Gasteiger partial charge in [-0.15, -0.1) is 0 Å². The summed E-state index contributed by atoms with van der Waals surface area (Å²) < 4.78 is 2.04. The lowest BCUT2D eigenvalue weighted by Crippen LogP contribution is -2.33. The minimum absolute atomic E-state index is 0.387. The molecule has 0 spiro atoms. The van der Waals surface area contributed by atoms with E-state index in [1.54, 1.807) is 0 Å². The Hall–Kier alpha value is -2.82. The number of benzene rings is 2. The monoisotopic (exact) mass is 478 g/mol. The highest BCUT2D eigenvalue weighted by atomic mass is 15.3. The molecule has 0 saturated heterocycles. The van der Waals surface area contributed by atoms with Gasteiger partial charge in [-0.05, 0) is 50.9 Å². The highest BCUT2D eigenvalue weighted by molar-refractivity contribution is 6.09. The molecule has 0 saturated carbocycles. The number of nitrogens with one attached hydrogen (secondary N) is 2. The van der Waals surface area contributed by atoms with E-state index in [-0.39, 0.29) is 0 Å². The van der Waals surface area contributed by atoms with Gasteiger partial charge in [-0.3, -0.25) is 9.48 Å². The third kappa shape index (κ3) is 7.09. The van der Waals surface area contributed by atoms with Gasteiger partial charge < -0.3 is 10.6 Å². The van der Waals surface area contributed by atoms with Gasteiger partial charge in [-0.1, -0.05) is 91.8 Å². The van der Waals surface area contributed by atoms with Gasteiger partial charge in [-0.2, -0.15) is 0 Å². The fourth-order valence-corrected chi connectivity index (χ4v) is 4.41. The second-order valence-electron chi connectivity index (χ2n) is 11.0. The molecule has 2 aromatic rings. The van der Waals surface area contributed by atoms with Crippen LogP contribution in [0.5, 0.6) is 0 Å². The molecule has 0 amide bonds. The number of aliphatic imine (C=N–C) groups is 1. The van der Waals surface area contributed by atoms with Crippen molar-refractivity contribution in [2.75, 3.05) is 38.8 Å². The predicted octanol–water partition coefficient (Wildman–Crippen LogP) is 7.25. The molecular weight excluding hydrogens is 430 g/mol. The van der Waals surface area contributed by atoms with Crippen molar-refractivity contribution in [3.8, 4) is 0 Å². The number of hydrogen-bond donors (Lipinski definition) is 2. The molecule has 0 aliphatic rings. The number of guanidine groups is 2. The summed E-state index contributed by atoms with van der Waals surface area (Å²) in [6, 6.07) is 13.2. The Morgan fingerprint density at radius 2 is 0.971 bits per heavy atom. The summed E-state index contributed by atoms with van der Waals surface area (Å²) in [5.41, 5.74) is 7.47. The van der Waals surface area contributed by atoms with Crippen LogP contribution in [0, 0.1) is 0 Å². The zero-order valence-electron chi connectivity index (χ0n) is 24.1. The van der Waals surface area contributed by atoms with E-state index in [9.17, 15) is 0 Å². The van der Waals surface area contributed by atoms with Crippen molar-refractivity contribution in [2.45, 2.75) is 79.1 Å². The Morgan fingerprint density at radius 3 is 1.20 bits per heavy atom. The molecule has 5 nitrogen and oxygen atoms in total.